The van der Waals surface area contributed by atoms with Crippen LogP contribution in [-0.2, 0) is 0 Å². The van der Waals surface area contributed by atoms with Crippen LogP contribution in [0.2, 0.25) is 0 Å². The molecule has 2 aromatic rings. The topological polar surface area (TPSA) is 76.0 Å². The molecule has 0 amide bonds. The normalized spacial score (nSPS) is 10.5. The molecule has 0 atom stereocenters. The summed E-state index contributed by atoms with van der Waals surface area (Å²) in [4.78, 5) is 24.2. The Labute approximate surface area is 84.9 Å². The summed E-state index contributed by atoms with van der Waals surface area (Å²) in [5.74, 6) is -0.109. The average Bonchev–Trinajstić information content (AvgIpc) is 2.59. The number of hydrogen-bond acceptors (Lipinski definition) is 3. The zero-order valence-corrected chi connectivity index (χ0v) is 7.98. The molecule has 0 aliphatic heterocycles. The Bertz CT molecular complexity index is 557. The second kappa shape index (κ2) is 3.20. The first kappa shape index (κ1) is 9.39. The Morgan fingerprint density at radius 2 is 2.20 bits per heavy atom. The van der Waals surface area contributed by atoms with Gasteiger partial charge >= 0.3 is 0 Å². The number of Topliss-reactive ketones (excluding diaryl/α,β-unsaturated/α-hetero) is 1. The largest absolute Gasteiger partial charge is 0.360 e. The van der Waals surface area contributed by atoms with Crippen molar-refractivity contribution in [2.75, 3.05) is 0 Å². The van der Waals surface area contributed by atoms with Crippen molar-refractivity contribution < 1.29 is 9.72 Å². The number of hydrogen-bond donors (Lipinski definition) is 1. The fourth-order valence-electron chi connectivity index (χ4n) is 1.51. The maximum Gasteiger partial charge on any atom is 0.270 e. The molecule has 5 nitrogen and oxygen atoms in total. The number of rotatable bonds is 2. The molecule has 0 spiro atoms. The third kappa shape index (κ3) is 1.48. The summed E-state index contributed by atoms with van der Waals surface area (Å²) in [6.07, 6.45) is 1.57. The van der Waals surface area contributed by atoms with E-state index in [0.29, 0.717) is 10.9 Å². The molecule has 1 N–H and O–H groups in total. The maximum absolute atomic E-state index is 11.2. The van der Waals surface area contributed by atoms with Crippen molar-refractivity contribution in [2.45, 2.75) is 6.92 Å². The summed E-state index contributed by atoms with van der Waals surface area (Å²) >= 11 is 0. The first-order chi connectivity index (χ1) is 7.09. The number of ketones is 1. The van der Waals surface area contributed by atoms with Gasteiger partial charge in [-0.3, -0.25) is 14.9 Å². The van der Waals surface area contributed by atoms with Gasteiger partial charge < -0.3 is 4.98 Å². The third-order valence-electron chi connectivity index (χ3n) is 2.26. The first-order valence-corrected chi connectivity index (χ1v) is 4.36. The summed E-state index contributed by atoms with van der Waals surface area (Å²) in [7, 11) is 0. The predicted octanol–water partition coefficient (Wildman–Crippen LogP) is 2.28. The molecule has 0 aliphatic carbocycles. The van der Waals surface area contributed by atoms with E-state index in [1.54, 1.807) is 12.3 Å². The molecular formula is C10H8N2O3. The molecule has 1 aromatic carbocycles. The Kier molecular flexibility index (Phi) is 2.00. The Balaban J connectivity index is 2.72. The van der Waals surface area contributed by atoms with Gasteiger partial charge in [0.25, 0.3) is 5.69 Å². The zero-order chi connectivity index (χ0) is 11.0. The van der Waals surface area contributed by atoms with E-state index in [4.69, 9.17) is 0 Å². The van der Waals surface area contributed by atoms with E-state index in [1.807, 2.05) is 0 Å². The molecule has 0 saturated carbocycles. The lowest BCUT2D eigenvalue weighted by atomic mass is 10.1. The number of carbonyl (C=O) groups excluding carboxylic acids is 1. The number of benzene rings is 1. The number of H-pyrrole nitrogens is 1. The first-order valence-electron chi connectivity index (χ1n) is 4.36. The lowest BCUT2D eigenvalue weighted by Crippen LogP contribution is -1.90. The molecular weight excluding hydrogens is 196 g/mol. The fourth-order valence-corrected chi connectivity index (χ4v) is 1.51. The number of nitro groups is 1. The highest BCUT2D eigenvalue weighted by atomic mass is 16.6. The van der Waals surface area contributed by atoms with Crippen LogP contribution in [-0.4, -0.2) is 15.7 Å². The lowest BCUT2D eigenvalue weighted by molar-refractivity contribution is -0.384. The number of carbonyl (C=O) groups is 1. The molecule has 0 unspecified atom stereocenters. The van der Waals surface area contributed by atoms with E-state index in [9.17, 15) is 14.9 Å². The SMILES string of the molecule is CC(=O)c1c[nH]c2ccc([N+](=O)[O-])cc12. The molecule has 0 radical (unpaired) electrons. The van der Waals surface area contributed by atoms with Crippen LogP contribution in [0.4, 0.5) is 5.69 Å². The maximum atomic E-state index is 11.2. The van der Waals surface area contributed by atoms with Gasteiger partial charge in [-0.05, 0) is 13.0 Å². The average molecular weight is 204 g/mol. The molecule has 76 valence electrons. The molecule has 0 aliphatic rings. The number of nitrogens with zero attached hydrogens (tertiary/aromatic N) is 1. The van der Waals surface area contributed by atoms with Crippen LogP contribution in [0.3, 0.4) is 0 Å². The third-order valence-corrected chi connectivity index (χ3v) is 2.26. The molecule has 0 saturated heterocycles. The van der Waals surface area contributed by atoms with Crippen molar-refractivity contribution >= 4 is 22.4 Å². The van der Waals surface area contributed by atoms with E-state index >= 15 is 0 Å². The smallest absolute Gasteiger partial charge is 0.270 e. The highest BCUT2D eigenvalue weighted by Crippen LogP contribution is 2.23. The fraction of sp³-hybridized carbons (Fsp3) is 0.100. The Hall–Kier alpha value is -2.17. The highest BCUT2D eigenvalue weighted by Gasteiger charge is 2.12. The van der Waals surface area contributed by atoms with Crippen LogP contribution in [0.25, 0.3) is 10.9 Å². The highest BCUT2D eigenvalue weighted by molar-refractivity contribution is 6.07. The van der Waals surface area contributed by atoms with Gasteiger partial charge in [-0.2, -0.15) is 0 Å². The number of nitro benzene ring substituents is 1. The van der Waals surface area contributed by atoms with Crippen LogP contribution in [0.15, 0.2) is 24.4 Å². The van der Waals surface area contributed by atoms with Crippen LogP contribution < -0.4 is 0 Å². The van der Waals surface area contributed by atoms with Crippen molar-refractivity contribution in [3.8, 4) is 0 Å². The second-order valence-electron chi connectivity index (χ2n) is 3.25. The van der Waals surface area contributed by atoms with Gasteiger partial charge in [0.1, 0.15) is 0 Å². The summed E-state index contributed by atoms with van der Waals surface area (Å²) in [5.41, 5.74) is 1.20. The molecule has 5 heteroatoms. The van der Waals surface area contributed by atoms with Gasteiger partial charge in [0.15, 0.2) is 5.78 Å². The van der Waals surface area contributed by atoms with E-state index in [-0.39, 0.29) is 11.5 Å². The number of aromatic amines is 1. The predicted molar refractivity (Wildman–Crippen MR) is 55.0 cm³/mol. The number of nitrogens with one attached hydrogen (secondary N) is 1. The van der Waals surface area contributed by atoms with E-state index in [2.05, 4.69) is 4.98 Å². The van der Waals surface area contributed by atoms with Crippen LogP contribution >= 0.6 is 0 Å². The van der Waals surface area contributed by atoms with Gasteiger partial charge in [-0.25, -0.2) is 0 Å². The number of fused-ring (bicyclic) bond motifs is 1. The molecule has 0 fully saturated rings. The van der Waals surface area contributed by atoms with Gasteiger partial charge in [-0.1, -0.05) is 0 Å². The second-order valence-corrected chi connectivity index (χ2v) is 3.25. The number of aromatic nitrogens is 1. The minimum atomic E-state index is -0.476. The quantitative estimate of drug-likeness (QED) is 0.463. The van der Waals surface area contributed by atoms with E-state index < -0.39 is 4.92 Å². The summed E-state index contributed by atoms with van der Waals surface area (Å²) in [5, 5.41) is 11.2. The summed E-state index contributed by atoms with van der Waals surface area (Å²) < 4.78 is 0. The molecule has 15 heavy (non-hydrogen) atoms. The van der Waals surface area contributed by atoms with Crippen LogP contribution in [0.1, 0.15) is 17.3 Å². The van der Waals surface area contributed by atoms with Gasteiger partial charge in [0, 0.05) is 34.8 Å². The molecule has 0 bridgehead atoms. The standard InChI is InChI=1S/C10H8N2O3/c1-6(13)9-5-11-10-3-2-7(12(14)15)4-8(9)10/h2-5,11H,1H3. The molecule has 1 aromatic heterocycles. The minimum absolute atomic E-state index is 0.00963. The lowest BCUT2D eigenvalue weighted by Gasteiger charge is -1.94. The van der Waals surface area contributed by atoms with Crippen LogP contribution in [0.5, 0.6) is 0 Å². The van der Waals surface area contributed by atoms with E-state index in [1.165, 1.54) is 19.1 Å². The van der Waals surface area contributed by atoms with E-state index in [0.717, 1.165) is 5.52 Å². The minimum Gasteiger partial charge on any atom is -0.360 e. The molecule has 1 heterocycles. The summed E-state index contributed by atoms with van der Waals surface area (Å²) in [6.45, 7) is 1.43. The monoisotopic (exact) mass is 204 g/mol. The van der Waals surface area contributed by atoms with Crippen molar-refractivity contribution in [2.24, 2.45) is 0 Å². The van der Waals surface area contributed by atoms with Gasteiger partial charge in [0.05, 0.1) is 4.92 Å². The Morgan fingerprint density at radius 1 is 1.47 bits per heavy atom. The summed E-state index contributed by atoms with van der Waals surface area (Å²) in [6, 6.07) is 4.41. The van der Waals surface area contributed by atoms with Crippen molar-refractivity contribution in [3.63, 3.8) is 0 Å². The van der Waals surface area contributed by atoms with Crippen LogP contribution in [0, 0.1) is 10.1 Å². The van der Waals surface area contributed by atoms with Gasteiger partial charge in [0.2, 0.25) is 0 Å². The zero-order valence-electron chi connectivity index (χ0n) is 7.98. The van der Waals surface area contributed by atoms with Crippen molar-refractivity contribution in [1.82, 2.24) is 4.98 Å². The molecule has 2 rings (SSSR count). The van der Waals surface area contributed by atoms with Gasteiger partial charge in [-0.15, -0.1) is 0 Å². The van der Waals surface area contributed by atoms with Crippen molar-refractivity contribution in [3.05, 3.63) is 40.1 Å². The Morgan fingerprint density at radius 3 is 2.80 bits per heavy atom. The number of non-ortho nitro benzene ring substituents is 1. The van der Waals surface area contributed by atoms with Crippen molar-refractivity contribution in [1.29, 1.82) is 0 Å².